The van der Waals surface area contributed by atoms with Crippen molar-refractivity contribution in [3.05, 3.63) is 0 Å². The number of ketones is 1. The second kappa shape index (κ2) is 5.95. The lowest BCUT2D eigenvalue weighted by Crippen LogP contribution is -2.53. The highest BCUT2D eigenvalue weighted by molar-refractivity contribution is 5.92. The van der Waals surface area contributed by atoms with Crippen LogP contribution in [0, 0.1) is 5.41 Å². The molecule has 0 saturated carbocycles. The van der Waals surface area contributed by atoms with E-state index in [1.54, 1.807) is 20.8 Å². The first-order valence-electron chi connectivity index (χ1n) is 5.53. The van der Waals surface area contributed by atoms with Gasteiger partial charge in [0.1, 0.15) is 13.2 Å². The van der Waals surface area contributed by atoms with Crippen LogP contribution in [-0.2, 0) is 23.9 Å². The number of hydrogen-bond acceptors (Lipinski definition) is 6. The first-order chi connectivity index (χ1) is 7.99. The molecule has 0 saturated heterocycles. The minimum Gasteiger partial charge on any atom is -0.462 e. The lowest BCUT2D eigenvalue weighted by atomic mass is 9.81. The number of carbonyl (C=O) groups is 3. The van der Waals surface area contributed by atoms with Crippen LogP contribution in [-0.4, -0.2) is 41.6 Å². The second-order valence-corrected chi connectivity index (χ2v) is 5.17. The normalized spacial score (nSPS) is 11.9. The van der Waals surface area contributed by atoms with Crippen LogP contribution in [0.25, 0.3) is 0 Å². The Balaban J connectivity index is 4.95. The van der Waals surface area contributed by atoms with E-state index in [4.69, 9.17) is 0 Å². The molecule has 0 unspecified atom stereocenters. The van der Waals surface area contributed by atoms with Crippen LogP contribution in [0.4, 0.5) is 0 Å². The molecule has 1 N–H and O–H groups in total. The fourth-order valence-electron chi connectivity index (χ4n) is 1.31. The van der Waals surface area contributed by atoms with E-state index in [9.17, 15) is 19.5 Å². The summed E-state index contributed by atoms with van der Waals surface area (Å²) < 4.78 is 9.31. The Morgan fingerprint density at radius 3 is 1.50 bits per heavy atom. The highest BCUT2D eigenvalue weighted by Crippen LogP contribution is 2.24. The van der Waals surface area contributed by atoms with E-state index < -0.39 is 42.0 Å². The van der Waals surface area contributed by atoms with Crippen LogP contribution in [0.5, 0.6) is 0 Å². The molecule has 0 aromatic rings. The van der Waals surface area contributed by atoms with Crippen molar-refractivity contribution in [2.24, 2.45) is 5.41 Å². The maximum atomic E-state index is 12.1. The maximum Gasteiger partial charge on any atom is 0.302 e. The molecule has 0 aliphatic heterocycles. The zero-order valence-corrected chi connectivity index (χ0v) is 11.4. The summed E-state index contributed by atoms with van der Waals surface area (Å²) in [5.41, 5.74) is -2.87. The summed E-state index contributed by atoms with van der Waals surface area (Å²) in [5, 5.41) is 10.2. The van der Waals surface area contributed by atoms with Crippen molar-refractivity contribution in [2.45, 2.75) is 40.2 Å². The highest BCUT2D eigenvalue weighted by Gasteiger charge is 2.44. The Hall–Kier alpha value is -1.43. The summed E-state index contributed by atoms with van der Waals surface area (Å²) in [6, 6.07) is 0. The summed E-state index contributed by atoms with van der Waals surface area (Å²) in [6.45, 7) is 6.09. The number of Topliss-reactive ketones (excluding diaryl/α,β-unsaturated/α-hetero) is 1. The molecule has 0 fully saturated rings. The molecule has 18 heavy (non-hydrogen) atoms. The minimum absolute atomic E-state index is 0.536. The van der Waals surface area contributed by atoms with Gasteiger partial charge in [-0.3, -0.25) is 14.4 Å². The molecule has 0 spiro atoms. The highest BCUT2D eigenvalue weighted by atomic mass is 16.6. The Kier molecular flexibility index (Phi) is 5.48. The van der Waals surface area contributed by atoms with E-state index in [1.807, 2.05) is 0 Å². The van der Waals surface area contributed by atoms with Gasteiger partial charge in [-0.2, -0.15) is 0 Å². The van der Waals surface area contributed by atoms with Crippen LogP contribution in [0.1, 0.15) is 34.6 Å². The number of aliphatic hydroxyl groups is 1. The average molecular weight is 260 g/mol. The Morgan fingerprint density at radius 2 is 1.28 bits per heavy atom. The number of ether oxygens (including phenoxy) is 2. The number of rotatable bonds is 5. The van der Waals surface area contributed by atoms with E-state index in [0.29, 0.717) is 0 Å². The fraction of sp³-hybridized carbons (Fsp3) is 0.750. The molecule has 6 nitrogen and oxygen atoms in total. The first kappa shape index (κ1) is 16.6. The quantitative estimate of drug-likeness (QED) is 0.722. The number of esters is 2. The van der Waals surface area contributed by atoms with Gasteiger partial charge >= 0.3 is 11.9 Å². The van der Waals surface area contributed by atoms with E-state index in [1.165, 1.54) is 0 Å². The van der Waals surface area contributed by atoms with E-state index >= 15 is 0 Å². The summed E-state index contributed by atoms with van der Waals surface area (Å²) >= 11 is 0. The largest absolute Gasteiger partial charge is 0.462 e. The van der Waals surface area contributed by atoms with Gasteiger partial charge in [0.2, 0.25) is 0 Å². The number of carbonyl (C=O) groups excluding carboxylic acids is 3. The van der Waals surface area contributed by atoms with Gasteiger partial charge in [-0.15, -0.1) is 0 Å². The zero-order chi connectivity index (χ0) is 14.6. The van der Waals surface area contributed by atoms with Gasteiger partial charge in [0.05, 0.1) is 0 Å². The molecule has 0 aromatic heterocycles. The lowest BCUT2D eigenvalue weighted by molar-refractivity contribution is -0.171. The van der Waals surface area contributed by atoms with Gasteiger partial charge < -0.3 is 14.6 Å². The van der Waals surface area contributed by atoms with Crippen molar-refractivity contribution >= 4 is 17.7 Å². The van der Waals surface area contributed by atoms with E-state index in [2.05, 4.69) is 9.47 Å². The van der Waals surface area contributed by atoms with Crippen molar-refractivity contribution in [2.75, 3.05) is 13.2 Å². The number of hydrogen-bond donors (Lipinski definition) is 1. The van der Waals surface area contributed by atoms with Crippen molar-refractivity contribution < 1.29 is 29.0 Å². The van der Waals surface area contributed by atoms with Crippen molar-refractivity contribution in [1.82, 2.24) is 0 Å². The van der Waals surface area contributed by atoms with Gasteiger partial charge in [0.15, 0.2) is 11.4 Å². The van der Waals surface area contributed by atoms with Gasteiger partial charge in [0, 0.05) is 19.3 Å². The summed E-state index contributed by atoms with van der Waals surface area (Å²) in [4.78, 5) is 33.6. The third-order valence-electron chi connectivity index (χ3n) is 2.13. The van der Waals surface area contributed by atoms with Gasteiger partial charge in [0.25, 0.3) is 0 Å². The standard InChI is InChI=1S/C12H20O6/c1-8(13)17-6-12(16,7-18-9(2)14)10(15)11(3,4)5/h16H,6-7H2,1-5H3. The average Bonchev–Trinajstić information content (AvgIpc) is 2.21. The molecular formula is C12H20O6. The second-order valence-electron chi connectivity index (χ2n) is 5.17. The topological polar surface area (TPSA) is 89.9 Å². The van der Waals surface area contributed by atoms with Gasteiger partial charge in [-0.05, 0) is 0 Å². The van der Waals surface area contributed by atoms with Crippen molar-refractivity contribution in [3.8, 4) is 0 Å². The van der Waals surface area contributed by atoms with Crippen molar-refractivity contribution in [3.63, 3.8) is 0 Å². The third kappa shape index (κ3) is 5.27. The fourth-order valence-corrected chi connectivity index (χ4v) is 1.31. The Morgan fingerprint density at radius 1 is 0.944 bits per heavy atom. The van der Waals surface area contributed by atoms with E-state index in [-0.39, 0.29) is 0 Å². The van der Waals surface area contributed by atoms with E-state index in [0.717, 1.165) is 13.8 Å². The summed E-state index contributed by atoms with van der Waals surface area (Å²) in [7, 11) is 0. The molecule has 0 aliphatic rings. The zero-order valence-electron chi connectivity index (χ0n) is 11.4. The molecule has 0 rings (SSSR count). The molecule has 104 valence electrons. The van der Waals surface area contributed by atoms with Crippen LogP contribution in [0.15, 0.2) is 0 Å². The molecule has 0 radical (unpaired) electrons. The molecule has 0 atom stereocenters. The Bertz CT molecular complexity index is 321. The summed E-state index contributed by atoms with van der Waals surface area (Å²) in [5.74, 6) is -1.81. The summed E-state index contributed by atoms with van der Waals surface area (Å²) in [6.07, 6.45) is 0. The molecule has 0 aromatic carbocycles. The maximum absolute atomic E-state index is 12.1. The smallest absolute Gasteiger partial charge is 0.302 e. The molecule has 0 heterocycles. The SMILES string of the molecule is CC(=O)OCC(O)(COC(C)=O)C(=O)C(C)(C)C. The van der Waals surface area contributed by atoms with Gasteiger partial charge in [-0.1, -0.05) is 20.8 Å². The van der Waals surface area contributed by atoms with Crippen LogP contribution >= 0.6 is 0 Å². The van der Waals surface area contributed by atoms with Crippen LogP contribution in [0.3, 0.4) is 0 Å². The molecule has 0 aliphatic carbocycles. The predicted molar refractivity (Wildman–Crippen MR) is 62.7 cm³/mol. The third-order valence-corrected chi connectivity index (χ3v) is 2.13. The predicted octanol–water partition coefficient (Wildman–Crippen LogP) is 0.459. The molecule has 0 amide bonds. The monoisotopic (exact) mass is 260 g/mol. The minimum atomic E-state index is -2.02. The lowest BCUT2D eigenvalue weighted by Gasteiger charge is -2.31. The molecule has 0 bridgehead atoms. The molecule has 6 heteroatoms. The first-order valence-corrected chi connectivity index (χ1v) is 5.53. The van der Waals surface area contributed by atoms with Gasteiger partial charge in [-0.25, -0.2) is 0 Å². The Labute approximate surface area is 106 Å². The van der Waals surface area contributed by atoms with Crippen molar-refractivity contribution in [1.29, 1.82) is 0 Å². The molecular weight excluding hydrogens is 240 g/mol. The van der Waals surface area contributed by atoms with Crippen LogP contribution in [0.2, 0.25) is 0 Å². The van der Waals surface area contributed by atoms with Crippen LogP contribution < -0.4 is 0 Å².